The van der Waals surface area contributed by atoms with Gasteiger partial charge in [-0.2, -0.15) is 0 Å². The normalized spacial score (nSPS) is 16.7. The van der Waals surface area contributed by atoms with Gasteiger partial charge in [-0.3, -0.25) is 4.79 Å². The first-order valence-electron chi connectivity index (χ1n) is 7.89. The maximum absolute atomic E-state index is 12.3. The number of amidine groups is 1. The van der Waals surface area contributed by atoms with Gasteiger partial charge in [0.2, 0.25) is 0 Å². The van der Waals surface area contributed by atoms with Crippen LogP contribution in [0.3, 0.4) is 0 Å². The number of rotatable bonds is 4. The van der Waals surface area contributed by atoms with Crippen molar-refractivity contribution in [2.75, 3.05) is 14.2 Å². The zero-order valence-corrected chi connectivity index (χ0v) is 17.1. The number of carbonyl (C=O) groups is 1. The largest absolute Gasteiger partial charge is 0.493 e. The van der Waals surface area contributed by atoms with Crippen molar-refractivity contribution in [3.63, 3.8) is 0 Å². The second-order valence-electron chi connectivity index (χ2n) is 5.60. The van der Waals surface area contributed by atoms with Gasteiger partial charge in [0.15, 0.2) is 16.7 Å². The quantitative estimate of drug-likeness (QED) is 0.686. The molecule has 1 N–H and O–H groups in total. The van der Waals surface area contributed by atoms with Crippen LogP contribution in [0.5, 0.6) is 11.5 Å². The summed E-state index contributed by atoms with van der Waals surface area (Å²) in [5, 5.41) is 4.27. The van der Waals surface area contributed by atoms with Crippen LogP contribution >= 0.6 is 35.0 Å². The Balaban J connectivity index is 1.91. The lowest BCUT2D eigenvalue weighted by Gasteiger charge is -2.10. The van der Waals surface area contributed by atoms with E-state index in [2.05, 4.69) is 10.3 Å². The minimum Gasteiger partial charge on any atom is -0.493 e. The van der Waals surface area contributed by atoms with Gasteiger partial charge in [-0.25, -0.2) is 4.99 Å². The number of methoxy groups -OCH3 is 2. The number of nitrogens with one attached hydrogen (secondary N) is 1. The Kier molecular flexibility index (Phi) is 5.99. The summed E-state index contributed by atoms with van der Waals surface area (Å²) >= 11 is 13.6. The van der Waals surface area contributed by atoms with E-state index in [0.717, 1.165) is 11.1 Å². The first-order valence-corrected chi connectivity index (χ1v) is 9.46. The van der Waals surface area contributed by atoms with Crippen LogP contribution in [0, 0.1) is 6.92 Å². The SMILES string of the molecule is COc1cc(C=C2SC(=Nc3cccc(Cl)c3C)NC2=O)cc(Cl)c1OC. The lowest BCUT2D eigenvalue weighted by molar-refractivity contribution is -0.115. The molecule has 0 saturated carbocycles. The third-order valence-electron chi connectivity index (χ3n) is 3.87. The molecule has 8 heteroatoms. The third kappa shape index (κ3) is 4.24. The van der Waals surface area contributed by atoms with E-state index in [1.807, 2.05) is 19.1 Å². The van der Waals surface area contributed by atoms with Crippen molar-refractivity contribution in [3.05, 3.63) is 56.4 Å². The summed E-state index contributed by atoms with van der Waals surface area (Å²) in [6.07, 6.45) is 1.72. The van der Waals surface area contributed by atoms with Gasteiger partial charge in [-0.05, 0) is 60.2 Å². The molecule has 1 amide bonds. The molecule has 0 aliphatic carbocycles. The molecule has 1 fully saturated rings. The van der Waals surface area contributed by atoms with Crippen molar-refractivity contribution in [1.82, 2.24) is 5.32 Å². The summed E-state index contributed by atoms with van der Waals surface area (Å²) in [7, 11) is 3.04. The highest BCUT2D eigenvalue weighted by atomic mass is 35.5. The van der Waals surface area contributed by atoms with Gasteiger partial charge in [-0.1, -0.05) is 29.3 Å². The molecule has 0 bridgehead atoms. The number of halogens is 2. The minimum atomic E-state index is -0.232. The predicted molar refractivity (Wildman–Crippen MR) is 112 cm³/mol. The van der Waals surface area contributed by atoms with E-state index in [9.17, 15) is 4.79 Å². The van der Waals surface area contributed by atoms with Crippen LogP contribution in [0.1, 0.15) is 11.1 Å². The van der Waals surface area contributed by atoms with E-state index in [1.54, 1.807) is 24.3 Å². The van der Waals surface area contributed by atoms with E-state index in [4.69, 9.17) is 32.7 Å². The van der Waals surface area contributed by atoms with Crippen LogP contribution in [-0.2, 0) is 4.79 Å². The summed E-state index contributed by atoms with van der Waals surface area (Å²) in [4.78, 5) is 17.3. The number of hydrogen-bond acceptors (Lipinski definition) is 5. The highest BCUT2D eigenvalue weighted by molar-refractivity contribution is 8.18. The van der Waals surface area contributed by atoms with Crippen LogP contribution in [0.4, 0.5) is 5.69 Å². The number of thioether (sulfide) groups is 1. The average molecular weight is 423 g/mol. The Hall–Kier alpha value is -2.15. The summed E-state index contributed by atoms with van der Waals surface area (Å²) in [6, 6.07) is 8.92. The number of hydrogen-bond donors (Lipinski definition) is 1. The number of amides is 1. The van der Waals surface area contributed by atoms with Gasteiger partial charge >= 0.3 is 0 Å². The number of carbonyl (C=O) groups excluding carboxylic acids is 1. The molecule has 27 heavy (non-hydrogen) atoms. The zero-order valence-electron chi connectivity index (χ0n) is 14.8. The van der Waals surface area contributed by atoms with Crippen molar-refractivity contribution in [1.29, 1.82) is 0 Å². The lowest BCUT2D eigenvalue weighted by atomic mass is 10.2. The second kappa shape index (κ2) is 8.25. The first kappa shape index (κ1) is 19.6. The van der Waals surface area contributed by atoms with Crippen LogP contribution in [0.25, 0.3) is 6.08 Å². The topological polar surface area (TPSA) is 59.9 Å². The maximum atomic E-state index is 12.3. The Labute approximate surface area is 171 Å². The molecule has 0 unspecified atom stereocenters. The zero-order chi connectivity index (χ0) is 19.6. The third-order valence-corrected chi connectivity index (χ3v) is 5.47. The van der Waals surface area contributed by atoms with Crippen LogP contribution < -0.4 is 14.8 Å². The van der Waals surface area contributed by atoms with Crippen molar-refractivity contribution in [2.45, 2.75) is 6.92 Å². The standard InChI is InChI=1S/C19H16Cl2N2O3S/c1-10-12(20)5-4-6-14(10)22-19-23-18(24)16(27-19)9-11-7-13(21)17(26-3)15(8-11)25-2/h4-9H,1-3H3,(H,22,23,24). The molecular formula is C19H16Cl2N2O3S. The predicted octanol–water partition coefficient (Wildman–Crippen LogP) is 5.21. The molecule has 2 aromatic rings. The maximum Gasteiger partial charge on any atom is 0.264 e. The molecular weight excluding hydrogens is 407 g/mol. The van der Waals surface area contributed by atoms with Crippen molar-refractivity contribution >= 4 is 57.8 Å². The molecule has 5 nitrogen and oxygen atoms in total. The van der Waals surface area contributed by atoms with Gasteiger partial charge < -0.3 is 14.8 Å². The summed E-state index contributed by atoms with van der Waals surface area (Å²) in [5.41, 5.74) is 2.28. The molecule has 0 aromatic heterocycles. The van der Waals surface area contributed by atoms with Gasteiger partial charge in [-0.15, -0.1) is 0 Å². The van der Waals surface area contributed by atoms with Crippen molar-refractivity contribution in [2.24, 2.45) is 4.99 Å². The van der Waals surface area contributed by atoms with Crippen LogP contribution in [0.15, 0.2) is 40.2 Å². The monoisotopic (exact) mass is 422 g/mol. The highest BCUT2D eigenvalue weighted by Gasteiger charge is 2.24. The summed E-state index contributed by atoms with van der Waals surface area (Å²) < 4.78 is 10.5. The van der Waals surface area contributed by atoms with Crippen molar-refractivity contribution in [3.8, 4) is 11.5 Å². The van der Waals surface area contributed by atoms with E-state index < -0.39 is 0 Å². The Morgan fingerprint density at radius 1 is 1.15 bits per heavy atom. The molecule has 2 aromatic carbocycles. The summed E-state index contributed by atoms with van der Waals surface area (Å²) in [5.74, 6) is 0.705. The molecule has 0 radical (unpaired) electrons. The van der Waals surface area contributed by atoms with Crippen molar-refractivity contribution < 1.29 is 14.3 Å². The fourth-order valence-electron chi connectivity index (χ4n) is 2.48. The smallest absolute Gasteiger partial charge is 0.264 e. The molecule has 1 saturated heterocycles. The number of nitrogens with zero attached hydrogens (tertiary/aromatic N) is 1. The molecule has 1 heterocycles. The molecule has 1 aliphatic heterocycles. The number of ether oxygens (including phenoxy) is 2. The molecule has 140 valence electrons. The Bertz CT molecular complexity index is 974. The molecule has 0 spiro atoms. The minimum absolute atomic E-state index is 0.232. The van der Waals surface area contributed by atoms with Gasteiger partial charge in [0, 0.05) is 5.02 Å². The van der Waals surface area contributed by atoms with E-state index >= 15 is 0 Å². The van der Waals surface area contributed by atoms with E-state index in [0.29, 0.717) is 37.3 Å². The average Bonchev–Trinajstić information content (AvgIpc) is 2.97. The van der Waals surface area contributed by atoms with Gasteiger partial charge in [0.1, 0.15) is 0 Å². The molecule has 1 aliphatic rings. The lowest BCUT2D eigenvalue weighted by Crippen LogP contribution is -2.19. The van der Waals surface area contributed by atoms with Gasteiger partial charge in [0.05, 0.1) is 29.8 Å². The number of benzene rings is 2. The Morgan fingerprint density at radius 3 is 2.63 bits per heavy atom. The van der Waals surface area contributed by atoms with E-state index in [-0.39, 0.29) is 5.91 Å². The van der Waals surface area contributed by atoms with E-state index in [1.165, 1.54) is 26.0 Å². The molecule has 3 rings (SSSR count). The fourth-order valence-corrected chi connectivity index (χ4v) is 3.78. The van der Waals surface area contributed by atoms with Crippen LogP contribution in [0.2, 0.25) is 10.0 Å². The summed E-state index contributed by atoms with van der Waals surface area (Å²) in [6.45, 7) is 1.88. The highest BCUT2D eigenvalue weighted by Crippen LogP contribution is 2.38. The van der Waals surface area contributed by atoms with Crippen LogP contribution in [-0.4, -0.2) is 25.3 Å². The fraction of sp³-hybridized carbons (Fsp3) is 0.158. The molecule has 0 atom stereocenters. The number of aliphatic imine (C=N–C) groups is 1. The van der Waals surface area contributed by atoms with Gasteiger partial charge in [0.25, 0.3) is 5.91 Å². The second-order valence-corrected chi connectivity index (χ2v) is 7.45. The Morgan fingerprint density at radius 2 is 1.93 bits per heavy atom. The first-order chi connectivity index (χ1) is 12.9.